The molecule has 0 amide bonds. The summed E-state index contributed by atoms with van der Waals surface area (Å²) in [7, 11) is -10.7. The van der Waals surface area contributed by atoms with Gasteiger partial charge in [0, 0.05) is 16.2 Å². The summed E-state index contributed by atoms with van der Waals surface area (Å²) < 4.78 is 61.2. The Morgan fingerprint density at radius 3 is 2.03 bits per heavy atom. The number of pyridine rings is 1. The Balaban J connectivity index is 0.000000396. The van der Waals surface area contributed by atoms with E-state index in [9.17, 15) is 25.2 Å². The first-order chi connectivity index (χ1) is 13.8. The molecular formula is C21H26F6NOP. The van der Waals surface area contributed by atoms with E-state index in [1.165, 1.54) is 41.8 Å². The third-order valence-electron chi connectivity index (χ3n) is 4.64. The molecule has 9 heteroatoms. The summed E-state index contributed by atoms with van der Waals surface area (Å²) in [6.07, 6.45) is 7.07. The number of halogens is 6. The van der Waals surface area contributed by atoms with E-state index in [0.29, 0.717) is 5.92 Å². The minimum absolute atomic E-state index is 0.632. The molecule has 3 rings (SSSR count). The van der Waals surface area contributed by atoms with Crippen LogP contribution in [-0.2, 0) is 0 Å². The first kappa shape index (κ1) is 24.2. The number of benzene rings is 2. The van der Waals surface area contributed by atoms with Crippen molar-refractivity contribution in [2.45, 2.75) is 39.5 Å². The van der Waals surface area contributed by atoms with E-state index >= 15 is 0 Å². The van der Waals surface area contributed by atoms with Gasteiger partial charge in [-0.05, 0) is 30.9 Å². The number of para-hydroxylation sites is 1. The van der Waals surface area contributed by atoms with Crippen molar-refractivity contribution in [3.63, 3.8) is 0 Å². The standard InChI is InChI=1S/C21H26NO.F6P/c1-3-5-10-17(4-2)16-23-22-15-18-11-6-7-12-19(18)20-13-8-9-14-21(20)22;1-7(2,3,4,5)6/h6-9,11-15,17H,3-5,10,16H2,1-2H3;/q+1;-1. The molecule has 0 N–H and O–H groups in total. The number of aromatic nitrogens is 1. The van der Waals surface area contributed by atoms with Crippen LogP contribution in [0, 0.1) is 5.92 Å². The summed E-state index contributed by atoms with van der Waals surface area (Å²) in [4.78, 5) is 6.19. The number of fused-ring (bicyclic) bond motifs is 3. The van der Waals surface area contributed by atoms with E-state index in [-0.39, 0.29) is 0 Å². The summed E-state index contributed by atoms with van der Waals surface area (Å²) in [5, 5.41) is 3.74. The Morgan fingerprint density at radius 2 is 1.43 bits per heavy atom. The monoisotopic (exact) mass is 453 g/mol. The van der Waals surface area contributed by atoms with Crippen LogP contribution in [0.4, 0.5) is 25.2 Å². The zero-order chi connectivity index (χ0) is 22.5. The van der Waals surface area contributed by atoms with E-state index < -0.39 is 7.81 Å². The van der Waals surface area contributed by atoms with Crippen molar-refractivity contribution in [3.8, 4) is 0 Å². The Hall–Kier alpha value is -2.08. The van der Waals surface area contributed by atoms with Crippen molar-refractivity contribution in [1.29, 1.82) is 0 Å². The number of hydrogen-bond acceptors (Lipinski definition) is 1. The van der Waals surface area contributed by atoms with Gasteiger partial charge in [-0.1, -0.05) is 57.0 Å². The first-order valence-electron chi connectivity index (χ1n) is 9.80. The van der Waals surface area contributed by atoms with Crippen molar-refractivity contribution in [1.82, 2.24) is 0 Å². The average molecular weight is 453 g/mol. The molecule has 0 aliphatic heterocycles. The van der Waals surface area contributed by atoms with Crippen molar-refractivity contribution >= 4 is 29.5 Å². The van der Waals surface area contributed by atoms with Crippen molar-refractivity contribution in [2.75, 3.05) is 6.61 Å². The van der Waals surface area contributed by atoms with Gasteiger partial charge in [-0.3, -0.25) is 4.84 Å². The quantitative estimate of drug-likeness (QED) is 0.152. The molecule has 0 aliphatic carbocycles. The topological polar surface area (TPSA) is 13.1 Å². The van der Waals surface area contributed by atoms with Crippen molar-refractivity contribution in [2.24, 2.45) is 5.92 Å². The average Bonchev–Trinajstić information content (AvgIpc) is 2.65. The second kappa shape index (κ2) is 8.58. The summed E-state index contributed by atoms with van der Waals surface area (Å²) in [5.74, 6) is 0.632. The van der Waals surface area contributed by atoms with Gasteiger partial charge in [0.1, 0.15) is 0 Å². The predicted molar refractivity (Wildman–Crippen MR) is 110 cm³/mol. The van der Waals surface area contributed by atoms with Crippen LogP contribution in [0.1, 0.15) is 39.5 Å². The Kier molecular flexibility index (Phi) is 6.92. The summed E-state index contributed by atoms with van der Waals surface area (Å²) >= 11 is 0. The van der Waals surface area contributed by atoms with Gasteiger partial charge in [0.15, 0.2) is 6.61 Å². The SMILES string of the molecule is CCCCC(CC)CO[n+]1cc2ccccc2c2ccccc21.F[P-](F)(F)(F)(F)F. The fourth-order valence-corrected chi connectivity index (χ4v) is 3.13. The van der Waals surface area contributed by atoms with E-state index in [0.717, 1.165) is 12.1 Å². The molecular weight excluding hydrogens is 427 g/mol. The molecule has 2 aromatic carbocycles. The molecule has 0 bridgehead atoms. The molecule has 1 unspecified atom stereocenters. The van der Waals surface area contributed by atoms with E-state index in [4.69, 9.17) is 4.84 Å². The number of hydrogen-bond donors (Lipinski definition) is 0. The van der Waals surface area contributed by atoms with Crippen molar-refractivity contribution in [3.05, 3.63) is 54.7 Å². The molecule has 0 spiro atoms. The van der Waals surface area contributed by atoms with Crippen LogP contribution in [0.25, 0.3) is 21.7 Å². The molecule has 0 radical (unpaired) electrons. The van der Waals surface area contributed by atoms with Crippen molar-refractivity contribution < 1.29 is 34.7 Å². The maximum absolute atomic E-state index is 10.7. The molecule has 0 aliphatic rings. The normalized spacial score (nSPS) is 15.1. The van der Waals surface area contributed by atoms with Gasteiger partial charge in [-0.2, -0.15) is 0 Å². The Labute approximate surface area is 171 Å². The third kappa shape index (κ3) is 8.74. The number of rotatable bonds is 7. The molecule has 0 fully saturated rings. The first-order valence-corrected chi connectivity index (χ1v) is 11.8. The summed E-state index contributed by atoms with van der Waals surface area (Å²) in [6, 6.07) is 17.0. The maximum atomic E-state index is 9.87. The molecule has 2 nitrogen and oxygen atoms in total. The molecule has 1 aromatic heterocycles. The zero-order valence-electron chi connectivity index (χ0n) is 16.9. The van der Waals surface area contributed by atoms with Gasteiger partial charge in [0.05, 0.1) is 10.8 Å². The van der Waals surface area contributed by atoms with Crippen LogP contribution >= 0.6 is 7.81 Å². The van der Waals surface area contributed by atoms with Crippen LogP contribution in [-0.4, -0.2) is 6.61 Å². The second-order valence-corrected chi connectivity index (χ2v) is 9.15. The third-order valence-corrected chi connectivity index (χ3v) is 4.64. The summed E-state index contributed by atoms with van der Waals surface area (Å²) in [5.41, 5.74) is 1.14. The molecule has 3 aromatic rings. The Bertz CT molecular complexity index is 980. The van der Waals surface area contributed by atoms with Crippen LogP contribution in [0.15, 0.2) is 54.7 Å². The van der Waals surface area contributed by atoms with Crippen LogP contribution < -0.4 is 9.57 Å². The Morgan fingerprint density at radius 1 is 0.867 bits per heavy atom. The molecule has 30 heavy (non-hydrogen) atoms. The van der Waals surface area contributed by atoms with Gasteiger partial charge < -0.3 is 0 Å². The van der Waals surface area contributed by atoms with Gasteiger partial charge in [0.25, 0.3) is 5.52 Å². The fraction of sp³-hybridized carbons (Fsp3) is 0.381. The van der Waals surface area contributed by atoms with Gasteiger partial charge in [-0.15, -0.1) is 0 Å². The molecule has 0 saturated carbocycles. The van der Waals surface area contributed by atoms with E-state index in [1.54, 1.807) is 0 Å². The van der Waals surface area contributed by atoms with Gasteiger partial charge in [-0.25, -0.2) is 0 Å². The minimum atomic E-state index is -10.7. The van der Waals surface area contributed by atoms with E-state index in [2.05, 4.69) is 68.6 Å². The van der Waals surface area contributed by atoms with Gasteiger partial charge in [0.2, 0.25) is 6.20 Å². The summed E-state index contributed by atoms with van der Waals surface area (Å²) in [6.45, 7) is 5.29. The fourth-order valence-electron chi connectivity index (χ4n) is 3.13. The van der Waals surface area contributed by atoms with Crippen LogP contribution in [0.3, 0.4) is 0 Å². The zero-order valence-corrected chi connectivity index (χ0v) is 17.8. The van der Waals surface area contributed by atoms with Gasteiger partial charge >= 0.3 is 33.0 Å². The van der Waals surface area contributed by atoms with E-state index in [1.807, 2.05) is 4.73 Å². The van der Waals surface area contributed by atoms with Crippen LogP contribution in [0.2, 0.25) is 0 Å². The van der Waals surface area contributed by atoms with Crippen LogP contribution in [0.5, 0.6) is 0 Å². The number of unbranched alkanes of at least 4 members (excludes halogenated alkanes) is 1. The second-order valence-electron chi connectivity index (χ2n) is 7.23. The molecule has 0 saturated heterocycles. The number of nitrogens with zero attached hydrogens (tertiary/aromatic N) is 1. The molecule has 1 heterocycles. The molecule has 168 valence electrons. The molecule has 1 atom stereocenters. The predicted octanol–water partition coefficient (Wildman–Crippen LogP) is 8.31.